The van der Waals surface area contributed by atoms with Crippen LogP contribution < -0.4 is 5.32 Å². The van der Waals surface area contributed by atoms with E-state index in [-0.39, 0.29) is 11.9 Å². The van der Waals surface area contributed by atoms with Crippen LogP contribution in [0.4, 0.5) is 5.82 Å². The predicted molar refractivity (Wildman–Crippen MR) is 105 cm³/mol. The highest BCUT2D eigenvalue weighted by molar-refractivity contribution is 6.29. The number of carbonyl (C=O) groups is 1. The van der Waals surface area contributed by atoms with Crippen LogP contribution in [0.1, 0.15) is 29.8 Å². The van der Waals surface area contributed by atoms with Gasteiger partial charge in [-0.3, -0.25) is 14.5 Å². The monoisotopic (exact) mass is 384 g/mol. The number of carbonyl (C=O) groups excluding carboxylic acids is 1. The normalized spacial score (nSPS) is 17.3. The van der Waals surface area contributed by atoms with Gasteiger partial charge in [-0.25, -0.2) is 4.98 Å². The van der Waals surface area contributed by atoms with E-state index < -0.39 is 0 Å². The van der Waals surface area contributed by atoms with E-state index in [1.165, 1.54) is 4.68 Å². The van der Waals surface area contributed by atoms with Gasteiger partial charge in [-0.2, -0.15) is 5.10 Å². The lowest BCUT2D eigenvalue weighted by molar-refractivity contribution is 0.0621. The molecular weight excluding hydrogens is 364 g/mol. The van der Waals surface area contributed by atoms with E-state index in [1.54, 1.807) is 19.3 Å². The lowest BCUT2D eigenvalue weighted by Crippen LogP contribution is -2.47. The third-order valence-electron chi connectivity index (χ3n) is 4.90. The Morgan fingerprint density at radius 1 is 1.30 bits per heavy atom. The Balaban J connectivity index is 1.47. The molecular formula is C19H21ClN6O. The average molecular weight is 385 g/mol. The molecule has 1 aliphatic rings. The number of aromatic nitrogens is 4. The zero-order chi connectivity index (χ0) is 18.8. The molecule has 2 aromatic heterocycles. The van der Waals surface area contributed by atoms with Crippen LogP contribution >= 0.6 is 11.6 Å². The number of aryl methyl sites for hydroxylation is 1. The first-order chi connectivity index (χ1) is 13.1. The second kappa shape index (κ2) is 7.52. The van der Waals surface area contributed by atoms with Crippen LogP contribution in [0.5, 0.6) is 0 Å². The fourth-order valence-corrected chi connectivity index (χ4v) is 3.58. The van der Waals surface area contributed by atoms with Gasteiger partial charge in [0.1, 0.15) is 11.0 Å². The Kier molecular flexibility index (Phi) is 4.94. The number of amides is 1. The first-order valence-corrected chi connectivity index (χ1v) is 9.46. The summed E-state index contributed by atoms with van der Waals surface area (Å²) in [4.78, 5) is 23.8. The lowest BCUT2D eigenvalue weighted by atomic mass is 10.0. The van der Waals surface area contributed by atoms with Gasteiger partial charge in [0.05, 0.1) is 17.2 Å². The molecule has 7 nitrogen and oxygen atoms in total. The minimum Gasteiger partial charge on any atom is -0.367 e. The molecule has 27 heavy (non-hydrogen) atoms. The number of nitrogens with one attached hydrogen (secondary N) is 1. The molecule has 1 aromatic carbocycles. The van der Waals surface area contributed by atoms with Crippen molar-refractivity contribution in [2.24, 2.45) is 7.05 Å². The molecule has 8 heteroatoms. The van der Waals surface area contributed by atoms with Crippen LogP contribution in [0, 0.1) is 0 Å². The van der Waals surface area contributed by atoms with E-state index in [0.29, 0.717) is 23.2 Å². The maximum Gasteiger partial charge on any atom is 0.274 e. The van der Waals surface area contributed by atoms with Crippen LogP contribution in [-0.4, -0.2) is 49.7 Å². The molecule has 140 valence electrons. The molecule has 1 N–H and O–H groups in total. The Morgan fingerprint density at radius 2 is 2.11 bits per heavy atom. The van der Waals surface area contributed by atoms with Gasteiger partial charge in [0.15, 0.2) is 5.69 Å². The molecule has 0 aliphatic carbocycles. The molecule has 1 amide bonds. The summed E-state index contributed by atoms with van der Waals surface area (Å²) in [7, 11) is 1.73. The third kappa shape index (κ3) is 3.73. The van der Waals surface area contributed by atoms with Crippen LogP contribution in [0.15, 0.2) is 36.5 Å². The van der Waals surface area contributed by atoms with Gasteiger partial charge >= 0.3 is 0 Å². The van der Waals surface area contributed by atoms with Gasteiger partial charge in [-0.15, -0.1) is 0 Å². The summed E-state index contributed by atoms with van der Waals surface area (Å²) in [5.41, 5.74) is 2.10. The van der Waals surface area contributed by atoms with Gasteiger partial charge in [-0.05, 0) is 31.4 Å². The minimum absolute atomic E-state index is 0.0754. The van der Waals surface area contributed by atoms with E-state index in [9.17, 15) is 4.79 Å². The van der Waals surface area contributed by atoms with E-state index >= 15 is 0 Å². The second-order valence-electron chi connectivity index (χ2n) is 6.75. The van der Waals surface area contributed by atoms with Gasteiger partial charge in [0.2, 0.25) is 0 Å². The smallest absolute Gasteiger partial charge is 0.274 e. The number of rotatable bonds is 4. The topological polar surface area (TPSA) is 75.9 Å². The highest BCUT2D eigenvalue weighted by Gasteiger charge is 2.29. The number of para-hydroxylation sites is 2. The third-order valence-corrected chi connectivity index (χ3v) is 5.25. The number of halogens is 1. The van der Waals surface area contributed by atoms with Gasteiger partial charge in [0.25, 0.3) is 5.91 Å². The molecule has 4 rings (SSSR count). The SMILES string of the molecule is Cn1nc(C(=O)N2CCCCC2CNc2cnc3ccccc3n2)cc1Cl. The fourth-order valence-electron chi connectivity index (χ4n) is 3.44. The van der Waals surface area contributed by atoms with Crippen molar-refractivity contribution < 1.29 is 4.79 Å². The number of anilines is 1. The Hall–Kier alpha value is -2.67. The first-order valence-electron chi connectivity index (χ1n) is 9.08. The largest absolute Gasteiger partial charge is 0.367 e. The van der Waals surface area contributed by atoms with E-state index in [2.05, 4.69) is 20.4 Å². The summed E-state index contributed by atoms with van der Waals surface area (Å²) in [6, 6.07) is 9.47. The highest BCUT2D eigenvalue weighted by atomic mass is 35.5. The Bertz CT molecular complexity index is 952. The summed E-state index contributed by atoms with van der Waals surface area (Å²) in [5, 5.41) is 8.02. The molecule has 3 aromatic rings. The number of likely N-dealkylation sites (tertiary alicyclic amines) is 1. The maximum atomic E-state index is 12.9. The maximum absolute atomic E-state index is 12.9. The van der Waals surface area contributed by atoms with Gasteiger partial charge in [0, 0.05) is 32.2 Å². The zero-order valence-electron chi connectivity index (χ0n) is 15.1. The number of hydrogen-bond donors (Lipinski definition) is 1. The molecule has 1 saturated heterocycles. The summed E-state index contributed by atoms with van der Waals surface area (Å²) in [5.74, 6) is 0.640. The van der Waals surface area contributed by atoms with E-state index in [1.807, 2.05) is 29.2 Å². The average Bonchev–Trinajstić information content (AvgIpc) is 3.04. The van der Waals surface area contributed by atoms with Gasteiger partial charge in [-0.1, -0.05) is 23.7 Å². The summed E-state index contributed by atoms with van der Waals surface area (Å²) < 4.78 is 1.51. The van der Waals surface area contributed by atoms with E-state index in [4.69, 9.17) is 11.6 Å². The summed E-state index contributed by atoms with van der Waals surface area (Å²) in [6.07, 6.45) is 4.78. The van der Waals surface area contributed by atoms with Crippen molar-refractivity contribution in [1.82, 2.24) is 24.6 Å². The quantitative estimate of drug-likeness (QED) is 0.747. The minimum atomic E-state index is -0.0754. The number of benzene rings is 1. The van der Waals surface area contributed by atoms with Crippen molar-refractivity contribution in [3.8, 4) is 0 Å². The number of nitrogens with zero attached hydrogens (tertiary/aromatic N) is 5. The summed E-state index contributed by atoms with van der Waals surface area (Å²) >= 11 is 6.04. The van der Waals surface area contributed by atoms with Crippen molar-refractivity contribution >= 4 is 34.4 Å². The molecule has 1 atom stereocenters. The van der Waals surface area contributed by atoms with Crippen LogP contribution in [0.25, 0.3) is 11.0 Å². The zero-order valence-corrected chi connectivity index (χ0v) is 15.9. The molecule has 3 heterocycles. The number of fused-ring (bicyclic) bond motifs is 1. The molecule has 1 unspecified atom stereocenters. The Morgan fingerprint density at radius 3 is 2.89 bits per heavy atom. The molecule has 1 fully saturated rings. The van der Waals surface area contributed by atoms with E-state index in [0.717, 1.165) is 36.8 Å². The van der Waals surface area contributed by atoms with Crippen LogP contribution in [0.2, 0.25) is 5.15 Å². The van der Waals surface area contributed by atoms with Crippen molar-refractivity contribution in [1.29, 1.82) is 0 Å². The molecule has 1 aliphatic heterocycles. The van der Waals surface area contributed by atoms with Crippen molar-refractivity contribution in [3.05, 3.63) is 47.4 Å². The predicted octanol–water partition coefficient (Wildman–Crippen LogP) is 3.12. The second-order valence-corrected chi connectivity index (χ2v) is 7.14. The van der Waals surface area contributed by atoms with Crippen molar-refractivity contribution in [3.63, 3.8) is 0 Å². The Labute approximate surface area is 162 Å². The first kappa shape index (κ1) is 17.7. The number of hydrogen-bond acceptors (Lipinski definition) is 5. The highest BCUT2D eigenvalue weighted by Crippen LogP contribution is 2.21. The fraction of sp³-hybridized carbons (Fsp3) is 0.368. The lowest BCUT2D eigenvalue weighted by Gasteiger charge is -2.35. The molecule has 0 bridgehead atoms. The van der Waals surface area contributed by atoms with Crippen molar-refractivity contribution in [2.45, 2.75) is 25.3 Å². The van der Waals surface area contributed by atoms with Crippen molar-refractivity contribution in [2.75, 3.05) is 18.4 Å². The summed E-state index contributed by atoms with van der Waals surface area (Å²) in [6.45, 7) is 1.35. The van der Waals surface area contributed by atoms with Crippen LogP contribution in [0.3, 0.4) is 0 Å². The number of piperidine rings is 1. The molecule has 0 saturated carbocycles. The molecule has 0 spiro atoms. The van der Waals surface area contributed by atoms with Crippen LogP contribution in [-0.2, 0) is 7.05 Å². The standard InChI is InChI=1S/C19H21ClN6O/c1-25-17(20)10-16(24-25)19(27)26-9-5-4-6-13(26)11-22-18-12-21-14-7-2-3-8-15(14)23-18/h2-3,7-8,10,12-13H,4-6,9,11H2,1H3,(H,22,23). The molecule has 0 radical (unpaired) electrons. The van der Waals surface area contributed by atoms with Gasteiger partial charge < -0.3 is 10.2 Å².